The van der Waals surface area contributed by atoms with Gasteiger partial charge in [0.1, 0.15) is 6.26 Å². The number of rotatable bonds is 5. The summed E-state index contributed by atoms with van der Waals surface area (Å²) in [7, 11) is -3.75. The number of hydrogen-bond acceptors (Lipinski definition) is 5. The molecule has 2 aromatic rings. The van der Waals surface area contributed by atoms with Crippen LogP contribution in [0, 0.1) is 6.92 Å². The van der Waals surface area contributed by atoms with E-state index in [1.165, 1.54) is 18.4 Å². The summed E-state index contributed by atoms with van der Waals surface area (Å²) in [5.74, 6) is 0. The molecule has 0 aliphatic rings. The third-order valence-corrected chi connectivity index (χ3v) is 4.57. The summed E-state index contributed by atoms with van der Waals surface area (Å²) in [6, 6.07) is 4.45. The molecule has 0 spiro atoms. The summed E-state index contributed by atoms with van der Waals surface area (Å²) in [4.78, 5) is 0.0394. The highest BCUT2D eigenvalue weighted by atomic mass is 35.5. The lowest BCUT2D eigenvalue weighted by atomic mass is 10.1. The van der Waals surface area contributed by atoms with Crippen LogP contribution in [0.1, 0.15) is 16.8 Å². The number of hydrogen-bond donors (Lipinski definition) is 2. The molecule has 0 bridgehead atoms. The molecule has 0 atom stereocenters. The van der Waals surface area contributed by atoms with Crippen LogP contribution in [0.3, 0.4) is 0 Å². The van der Waals surface area contributed by atoms with Gasteiger partial charge in [0.2, 0.25) is 10.0 Å². The fourth-order valence-corrected chi connectivity index (χ4v) is 3.34. The van der Waals surface area contributed by atoms with Crippen molar-refractivity contribution in [2.24, 2.45) is 0 Å². The second-order valence-corrected chi connectivity index (χ2v) is 6.33. The third kappa shape index (κ3) is 3.18. The van der Waals surface area contributed by atoms with Crippen molar-refractivity contribution in [3.8, 4) is 0 Å². The number of sulfonamides is 1. The second-order valence-electron chi connectivity index (χ2n) is 4.16. The molecule has 2 N–H and O–H groups in total. The number of nitrogens with one attached hydrogen (secondary N) is 1. The molecule has 0 unspecified atom stereocenters. The first-order chi connectivity index (χ1) is 9.44. The van der Waals surface area contributed by atoms with E-state index in [0.29, 0.717) is 16.8 Å². The number of benzene rings is 1. The standard InChI is InChI=1S/C12H13ClN2O4S/c1-8-9(7-16)4-10(13)5-12(8)20(17,18)14-6-11-2-3-19-15-11/h2-5,14,16H,6-7H2,1H3. The first-order valence-corrected chi connectivity index (χ1v) is 7.59. The Morgan fingerprint density at radius 1 is 1.45 bits per heavy atom. The Hall–Kier alpha value is -1.41. The van der Waals surface area contributed by atoms with Crippen LogP contribution in [-0.4, -0.2) is 18.7 Å². The quantitative estimate of drug-likeness (QED) is 0.874. The van der Waals surface area contributed by atoms with Gasteiger partial charge in [0, 0.05) is 11.1 Å². The van der Waals surface area contributed by atoms with Crippen molar-refractivity contribution in [1.82, 2.24) is 9.88 Å². The van der Waals surface area contributed by atoms with Crippen LogP contribution >= 0.6 is 11.6 Å². The molecule has 1 heterocycles. The van der Waals surface area contributed by atoms with Crippen LogP contribution in [0.25, 0.3) is 0 Å². The fraction of sp³-hybridized carbons (Fsp3) is 0.250. The molecule has 6 nitrogen and oxygen atoms in total. The van der Waals surface area contributed by atoms with Gasteiger partial charge in [0.05, 0.1) is 23.7 Å². The van der Waals surface area contributed by atoms with Crippen molar-refractivity contribution in [2.45, 2.75) is 25.0 Å². The molecule has 0 aliphatic heterocycles. The molecular formula is C12H13ClN2O4S. The van der Waals surface area contributed by atoms with Crippen molar-refractivity contribution in [1.29, 1.82) is 0 Å². The van der Waals surface area contributed by atoms with E-state index >= 15 is 0 Å². The lowest BCUT2D eigenvalue weighted by molar-refractivity contribution is 0.280. The van der Waals surface area contributed by atoms with Crippen LogP contribution < -0.4 is 4.72 Å². The normalized spacial score (nSPS) is 11.8. The lowest BCUT2D eigenvalue weighted by Crippen LogP contribution is -2.24. The molecule has 0 saturated heterocycles. The maximum atomic E-state index is 12.3. The highest BCUT2D eigenvalue weighted by Gasteiger charge is 2.19. The van der Waals surface area contributed by atoms with Crippen molar-refractivity contribution in [3.63, 3.8) is 0 Å². The van der Waals surface area contributed by atoms with E-state index in [1.54, 1.807) is 13.0 Å². The van der Waals surface area contributed by atoms with Gasteiger partial charge < -0.3 is 9.63 Å². The molecule has 0 radical (unpaired) electrons. The van der Waals surface area contributed by atoms with Crippen LogP contribution in [-0.2, 0) is 23.2 Å². The van der Waals surface area contributed by atoms with Crippen molar-refractivity contribution in [3.05, 3.63) is 46.3 Å². The summed E-state index contributed by atoms with van der Waals surface area (Å²) in [6.45, 7) is 1.35. The number of nitrogens with zero attached hydrogens (tertiary/aromatic N) is 1. The highest BCUT2D eigenvalue weighted by molar-refractivity contribution is 7.89. The van der Waals surface area contributed by atoms with Gasteiger partial charge in [-0.05, 0) is 30.2 Å². The van der Waals surface area contributed by atoms with E-state index in [-0.39, 0.29) is 23.1 Å². The average Bonchev–Trinajstić information content (AvgIpc) is 2.92. The lowest BCUT2D eigenvalue weighted by Gasteiger charge is -2.12. The Morgan fingerprint density at radius 3 is 2.80 bits per heavy atom. The zero-order valence-corrected chi connectivity index (χ0v) is 12.2. The Kier molecular flexibility index (Phi) is 4.44. The van der Waals surface area contributed by atoms with E-state index < -0.39 is 10.0 Å². The third-order valence-electron chi connectivity index (χ3n) is 2.83. The van der Waals surface area contributed by atoms with E-state index in [0.717, 1.165) is 0 Å². The van der Waals surface area contributed by atoms with Crippen molar-refractivity contribution >= 4 is 21.6 Å². The van der Waals surface area contributed by atoms with Crippen LogP contribution in [0.2, 0.25) is 5.02 Å². The summed E-state index contributed by atoms with van der Waals surface area (Å²) in [5, 5.41) is 13.1. The molecule has 8 heteroatoms. The minimum atomic E-state index is -3.75. The maximum Gasteiger partial charge on any atom is 0.241 e. The van der Waals surface area contributed by atoms with Gasteiger partial charge in [-0.2, -0.15) is 0 Å². The van der Waals surface area contributed by atoms with Gasteiger partial charge in [-0.1, -0.05) is 16.8 Å². The van der Waals surface area contributed by atoms with E-state index in [2.05, 4.69) is 14.4 Å². The Bertz CT molecular complexity index is 698. The topological polar surface area (TPSA) is 92.4 Å². The van der Waals surface area contributed by atoms with Gasteiger partial charge in [-0.15, -0.1) is 0 Å². The molecule has 0 aliphatic carbocycles. The van der Waals surface area contributed by atoms with Crippen LogP contribution in [0.5, 0.6) is 0 Å². The maximum absolute atomic E-state index is 12.3. The molecule has 1 aromatic carbocycles. The predicted molar refractivity (Wildman–Crippen MR) is 72.6 cm³/mol. The van der Waals surface area contributed by atoms with Gasteiger partial charge in [0.25, 0.3) is 0 Å². The monoisotopic (exact) mass is 316 g/mol. The molecule has 0 saturated carbocycles. The summed E-state index contributed by atoms with van der Waals surface area (Å²) in [5.41, 5.74) is 1.40. The molecule has 2 rings (SSSR count). The molecule has 0 amide bonds. The van der Waals surface area contributed by atoms with Crippen molar-refractivity contribution < 1.29 is 18.0 Å². The Labute approximate surface area is 121 Å². The fourth-order valence-electron chi connectivity index (χ4n) is 1.73. The first kappa shape index (κ1) is 15.0. The summed E-state index contributed by atoms with van der Waals surface area (Å²) >= 11 is 5.88. The van der Waals surface area contributed by atoms with E-state index in [4.69, 9.17) is 11.6 Å². The number of aromatic nitrogens is 1. The molecule has 20 heavy (non-hydrogen) atoms. The SMILES string of the molecule is Cc1c(CO)cc(Cl)cc1S(=O)(=O)NCc1ccon1. The van der Waals surface area contributed by atoms with Crippen LogP contribution in [0.4, 0.5) is 0 Å². The number of aliphatic hydroxyl groups excluding tert-OH is 1. The number of aliphatic hydroxyl groups is 1. The Balaban J connectivity index is 2.31. The van der Waals surface area contributed by atoms with E-state index in [9.17, 15) is 13.5 Å². The molecule has 0 fully saturated rings. The van der Waals surface area contributed by atoms with Gasteiger partial charge in [0.15, 0.2) is 0 Å². The van der Waals surface area contributed by atoms with Gasteiger partial charge in [-0.3, -0.25) is 0 Å². The molecular weight excluding hydrogens is 304 g/mol. The first-order valence-electron chi connectivity index (χ1n) is 5.73. The predicted octanol–water partition coefficient (Wildman–Crippen LogP) is 1.61. The zero-order valence-electron chi connectivity index (χ0n) is 10.6. The summed E-state index contributed by atoms with van der Waals surface area (Å²) < 4.78 is 31.5. The highest BCUT2D eigenvalue weighted by Crippen LogP contribution is 2.24. The van der Waals surface area contributed by atoms with Gasteiger partial charge in [-0.25, -0.2) is 13.1 Å². The molecule has 108 valence electrons. The number of halogens is 1. The molecule has 1 aromatic heterocycles. The van der Waals surface area contributed by atoms with Gasteiger partial charge >= 0.3 is 0 Å². The van der Waals surface area contributed by atoms with Crippen molar-refractivity contribution in [2.75, 3.05) is 0 Å². The minimum Gasteiger partial charge on any atom is -0.392 e. The zero-order chi connectivity index (χ0) is 14.8. The van der Waals surface area contributed by atoms with Crippen LogP contribution in [0.15, 0.2) is 33.9 Å². The van der Waals surface area contributed by atoms with E-state index in [1.807, 2.05) is 0 Å². The minimum absolute atomic E-state index is 0.0131. The average molecular weight is 317 g/mol. The second kappa shape index (κ2) is 5.92. The smallest absolute Gasteiger partial charge is 0.241 e. The largest absolute Gasteiger partial charge is 0.392 e. The summed E-state index contributed by atoms with van der Waals surface area (Å²) in [6.07, 6.45) is 1.36. The Morgan fingerprint density at radius 2 is 2.20 bits per heavy atom.